The molecule has 0 aliphatic carbocycles. The summed E-state index contributed by atoms with van der Waals surface area (Å²) in [5.41, 5.74) is 0.000878. The van der Waals surface area contributed by atoms with Crippen LogP contribution in [0.4, 0.5) is 20.2 Å². The summed E-state index contributed by atoms with van der Waals surface area (Å²) in [5.74, 6) is -3.23. The Morgan fingerprint density at radius 2 is 2.00 bits per heavy atom. The Balaban J connectivity index is 1.94. The average molecular weight is 426 g/mol. The number of carbonyl (C=O) groups is 1. The molecule has 0 unspecified atom stereocenters. The number of nitrogens with zero attached hydrogens (tertiary/aromatic N) is 2. The monoisotopic (exact) mass is 426 g/mol. The standard InChI is InChI=1S/C17H16F2N4O3S2/c1-3-6-28(25,26)23-12-5-4-11(18)15(13(12)19)22-17(24)10-7-27-16-9(2)20-8-21-14(10)16/h4-5,7-8,23H,3,6H2,1-2H3,(H,22,24). The normalized spacial score (nSPS) is 11.6. The van der Waals surface area contributed by atoms with Gasteiger partial charge in [-0.05, 0) is 25.5 Å². The molecule has 1 amide bonds. The van der Waals surface area contributed by atoms with Crippen LogP contribution in [0.2, 0.25) is 0 Å². The molecule has 0 aliphatic rings. The third-order valence-corrected chi connectivity index (χ3v) is 6.40. The maximum absolute atomic E-state index is 14.7. The van der Waals surface area contributed by atoms with E-state index in [0.29, 0.717) is 22.3 Å². The van der Waals surface area contributed by atoms with Crippen molar-refractivity contribution in [1.82, 2.24) is 9.97 Å². The SMILES string of the molecule is CCCS(=O)(=O)Nc1ccc(F)c(NC(=O)c2csc3c(C)ncnc23)c1F. The van der Waals surface area contributed by atoms with Crippen molar-refractivity contribution in [2.24, 2.45) is 0 Å². The van der Waals surface area contributed by atoms with Crippen LogP contribution in [0.1, 0.15) is 29.4 Å². The van der Waals surface area contributed by atoms with E-state index in [1.54, 1.807) is 13.8 Å². The van der Waals surface area contributed by atoms with Crippen LogP contribution in [-0.4, -0.2) is 30.0 Å². The van der Waals surface area contributed by atoms with E-state index in [1.807, 2.05) is 0 Å². The number of rotatable bonds is 6. The van der Waals surface area contributed by atoms with Crippen molar-refractivity contribution in [2.45, 2.75) is 20.3 Å². The van der Waals surface area contributed by atoms with Gasteiger partial charge in [0, 0.05) is 5.38 Å². The molecule has 7 nitrogen and oxygen atoms in total. The van der Waals surface area contributed by atoms with E-state index in [0.717, 1.165) is 12.1 Å². The molecule has 0 atom stereocenters. The van der Waals surface area contributed by atoms with Crippen LogP contribution in [-0.2, 0) is 10.0 Å². The zero-order valence-electron chi connectivity index (χ0n) is 14.9. The quantitative estimate of drug-likeness (QED) is 0.626. The number of anilines is 2. The van der Waals surface area contributed by atoms with E-state index in [1.165, 1.54) is 23.0 Å². The molecule has 0 fully saturated rings. The summed E-state index contributed by atoms with van der Waals surface area (Å²) in [6.45, 7) is 3.41. The van der Waals surface area contributed by atoms with Gasteiger partial charge in [-0.1, -0.05) is 6.92 Å². The van der Waals surface area contributed by atoms with E-state index in [-0.39, 0.29) is 11.3 Å². The minimum atomic E-state index is -3.78. The van der Waals surface area contributed by atoms with Gasteiger partial charge in [-0.25, -0.2) is 27.2 Å². The molecule has 3 aromatic rings. The van der Waals surface area contributed by atoms with Crippen LogP contribution in [0.15, 0.2) is 23.8 Å². The van der Waals surface area contributed by atoms with Crippen LogP contribution in [0.3, 0.4) is 0 Å². The third-order valence-electron chi connectivity index (χ3n) is 3.84. The van der Waals surface area contributed by atoms with Crippen molar-refractivity contribution in [3.05, 3.63) is 46.7 Å². The molecular formula is C17H16F2N4O3S2. The van der Waals surface area contributed by atoms with E-state index in [4.69, 9.17) is 0 Å². The number of aromatic nitrogens is 2. The zero-order chi connectivity index (χ0) is 20.5. The fraction of sp³-hybridized carbons (Fsp3) is 0.235. The smallest absolute Gasteiger partial charge is 0.258 e. The number of aryl methyl sites for hydroxylation is 1. The summed E-state index contributed by atoms with van der Waals surface area (Å²) in [6, 6.07) is 1.84. The highest BCUT2D eigenvalue weighted by Crippen LogP contribution is 2.30. The van der Waals surface area contributed by atoms with Crippen molar-refractivity contribution in [1.29, 1.82) is 0 Å². The number of sulfonamides is 1. The number of amides is 1. The van der Waals surface area contributed by atoms with Crippen LogP contribution in [0.5, 0.6) is 0 Å². The molecule has 0 spiro atoms. The lowest BCUT2D eigenvalue weighted by atomic mass is 10.2. The third kappa shape index (κ3) is 3.94. The second-order valence-electron chi connectivity index (χ2n) is 5.95. The van der Waals surface area contributed by atoms with Crippen LogP contribution in [0, 0.1) is 18.6 Å². The Labute approximate surface area is 163 Å². The minimum Gasteiger partial charge on any atom is -0.317 e. The maximum atomic E-state index is 14.7. The van der Waals surface area contributed by atoms with Crippen LogP contribution in [0.25, 0.3) is 10.2 Å². The van der Waals surface area contributed by atoms with Crippen molar-refractivity contribution >= 4 is 48.9 Å². The molecule has 2 aromatic heterocycles. The van der Waals surface area contributed by atoms with Gasteiger partial charge in [-0.15, -0.1) is 11.3 Å². The van der Waals surface area contributed by atoms with E-state index in [9.17, 15) is 22.0 Å². The summed E-state index contributed by atoms with van der Waals surface area (Å²) >= 11 is 1.24. The lowest BCUT2D eigenvalue weighted by Crippen LogP contribution is -2.19. The van der Waals surface area contributed by atoms with Gasteiger partial charge >= 0.3 is 0 Å². The number of hydrogen-bond acceptors (Lipinski definition) is 6. The van der Waals surface area contributed by atoms with Gasteiger partial charge in [0.1, 0.15) is 17.8 Å². The molecule has 0 saturated carbocycles. The first-order valence-corrected chi connectivity index (χ1v) is 10.8. The van der Waals surface area contributed by atoms with E-state index in [2.05, 4.69) is 20.0 Å². The molecule has 0 radical (unpaired) electrons. The minimum absolute atomic E-state index is 0.140. The molecule has 0 saturated heterocycles. The van der Waals surface area contributed by atoms with Crippen molar-refractivity contribution in [3.8, 4) is 0 Å². The highest BCUT2D eigenvalue weighted by Gasteiger charge is 2.22. The summed E-state index contributed by atoms with van der Waals surface area (Å²) in [7, 11) is -3.78. The number of fused-ring (bicyclic) bond motifs is 1. The zero-order valence-corrected chi connectivity index (χ0v) is 16.5. The molecule has 3 rings (SSSR count). The van der Waals surface area contributed by atoms with Crippen molar-refractivity contribution in [2.75, 3.05) is 15.8 Å². The topological polar surface area (TPSA) is 101 Å². The summed E-state index contributed by atoms with van der Waals surface area (Å²) < 4.78 is 55.3. The number of carbonyl (C=O) groups excluding carboxylic acids is 1. The molecule has 28 heavy (non-hydrogen) atoms. The second kappa shape index (κ2) is 7.76. The van der Waals surface area contributed by atoms with Crippen molar-refractivity contribution < 1.29 is 22.0 Å². The number of hydrogen-bond donors (Lipinski definition) is 2. The van der Waals surface area contributed by atoms with Gasteiger partial charge < -0.3 is 5.32 Å². The molecule has 1 aromatic carbocycles. The first-order valence-electron chi connectivity index (χ1n) is 8.22. The Hall–Kier alpha value is -2.66. The Morgan fingerprint density at radius 3 is 2.71 bits per heavy atom. The lowest BCUT2D eigenvalue weighted by molar-refractivity contribution is 0.102. The van der Waals surface area contributed by atoms with Gasteiger partial charge in [0.15, 0.2) is 5.82 Å². The first-order chi connectivity index (χ1) is 13.2. The van der Waals surface area contributed by atoms with Gasteiger partial charge in [0.25, 0.3) is 5.91 Å². The fourth-order valence-corrected chi connectivity index (χ4v) is 4.63. The second-order valence-corrected chi connectivity index (χ2v) is 8.67. The Morgan fingerprint density at radius 1 is 1.25 bits per heavy atom. The molecule has 2 N–H and O–H groups in total. The fourth-order valence-electron chi connectivity index (χ4n) is 2.54. The van der Waals surface area contributed by atoms with Crippen LogP contribution < -0.4 is 10.0 Å². The van der Waals surface area contributed by atoms with Crippen LogP contribution >= 0.6 is 11.3 Å². The molecule has 11 heteroatoms. The summed E-state index contributed by atoms with van der Waals surface area (Å²) in [4.78, 5) is 20.7. The molecule has 0 aliphatic heterocycles. The van der Waals surface area contributed by atoms with Gasteiger partial charge in [0.05, 0.1) is 32.9 Å². The highest BCUT2D eigenvalue weighted by molar-refractivity contribution is 7.92. The number of halogens is 2. The van der Waals surface area contributed by atoms with E-state index >= 15 is 0 Å². The van der Waals surface area contributed by atoms with Crippen molar-refractivity contribution in [3.63, 3.8) is 0 Å². The average Bonchev–Trinajstić information content (AvgIpc) is 3.06. The number of thiophene rings is 1. The predicted octanol–water partition coefficient (Wildman–Crippen LogP) is 3.68. The highest BCUT2D eigenvalue weighted by atomic mass is 32.2. The molecule has 0 bridgehead atoms. The largest absolute Gasteiger partial charge is 0.317 e. The lowest BCUT2D eigenvalue weighted by Gasteiger charge is -2.12. The maximum Gasteiger partial charge on any atom is 0.258 e. The van der Waals surface area contributed by atoms with Gasteiger partial charge in [-0.2, -0.15) is 0 Å². The van der Waals surface area contributed by atoms with Gasteiger partial charge in [0.2, 0.25) is 10.0 Å². The van der Waals surface area contributed by atoms with Gasteiger partial charge in [-0.3, -0.25) is 9.52 Å². The predicted molar refractivity (Wildman–Crippen MR) is 104 cm³/mol. The van der Waals surface area contributed by atoms with E-state index < -0.39 is 38.9 Å². The Kier molecular flexibility index (Phi) is 5.57. The molecule has 148 valence electrons. The number of benzene rings is 1. The Bertz CT molecular complexity index is 1160. The number of nitrogens with one attached hydrogen (secondary N) is 2. The molecule has 2 heterocycles. The summed E-state index contributed by atoms with van der Waals surface area (Å²) in [5, 5.41) is 3.69. The first kappa shape index (κ1) is 20.1. The molecular weight excluding hydrogens is 410 g/mol. The summed E-state index contributed by atoms with van der Waals surface area (Å²) in [6.07, 6.45) is 1.62.